The Labute approximate surface area is 310 Å². The molecule has 3 unspecified atom stereocenters. The number of nitrogens with zero attached hydrogens (tertiary/aromatic N) is 10. The zero-order chi connectivity index (χ0) is 37.9. The van der Waals surface area contributed by atoms with Gasteiger partial charge in [-0.15, -0.1) is 0 Å². The van der Waals surface area contributed by atoms with E-state index in [1.807, 2.05) is 42.5 Å². The maximum absolute atomic E-state index is 10.6. The number of hydrogen-bond acceptors (Lipinski definition) is 10. The molecule has 7 rings (SSSR count). The molecule has 0 spiro atoms. The van der Waals surface area contributed by atoms with Crippen molar-refractivity contribution in [3.63, 3.8) is 0 Å². The Hall–Kier alpha value is -8.64. The van der Waals surface area contributed by atoms with Crippen LogP contribution in [0.25, 0.3) is 33.5 Å². The van der Waals surface area contributed by atoms with Gasteiger partial charge in [-0.3, -0.25) is 9.98 Å². The van der Waals surface area contributed by atoms with E-state index in [2.05, 4.69) is 28.2 Å². The largest absolute Gasteiger partial charge is 0.283 e. The summed E-state index contributed by atoms with van der Waals surface area (Å²) in [7, 11) is 0. The third-order valence-electron chi connectivity index (χ3n) is 9.75. The minimum atomic E-state index is -0.768. The Morgan fingerprint density at radius 2 is 1.35 bits per heavy atom. The Balaban J connectivity index is 1.34. The van der Waals surface area contributed by atoms with Crippen molar-refractivity contribution in [2.45, 2.75) is 11.8 Å². The Morgan fingerprint density at radius 1 is 0.648 bits per heavy atom. The molecule has 0 fully saturated rings. The number of dihydropyridines is 1. The van der Waals surface area contributed by atoms with E-state index in [-0.39, 0.29) is 22.6 Å². The molecule has 1 aromatic heterocycles. The zero-order valence-corrected chi connectivity index (χ0v) is 28.1. The molecule has 0 saturated carbocycles. The van der Waals surface area contributed by atoms with Crippen molar-refractivity contribution in [2.75, 3.05) is 6.54 Å². The van der Waals surface area contributed by atoms with Crippen LogP contribution < -0.4 is 0 Å². The van der Waals surface area contributed by atoms with Crippen LogP contribution in [0.3, 0.4) is 0 Å². The van der Waals surface area contributed by atoms with Crippen LogP contribution in [0.2, 0.25) is 0 Å². The van der Waals surface area contributed by atoms with Crippen LogP contribution in [-0.4, -0.2) is 17.2 Å². The second-order valence-electron chi connectivity index (χ2n) is 12.5. The van der Waals surface area contributed by atoms with Crippen LogP contribution in [0.1, 0.15) is 56.3 Å². The van der Waals surface area contributed by atoms with Crippen molar-refractivity contribution in [1.82, 2.24) is 4.98 Å². The minimum absolute atomic E-state index is 0.117. The lowest BCUT2D eigenvalue weighted by Gasteiger charge is -2.18. The Morgan fingerprint density at radius 3 is 1.94 bits per heavy atom. The molecule has 3 atom stereocenters. The maximum Gasteiger partial charge on any atom is 0.138 e. The summed E-state index contributed by atoms with van der Waals surface area (Å²) in [5.74, 6) is -1.77. The molecule has 2 aliphatic carbocycles. The number of pyridine rings is 1. The van der Waals surface area contributed by atoms with Crippen molar-refractivity contribution in [2.24, 2.45) is 10.9 Å². The quantitative estimate of drug-likeness (QED) is 0.193. The molecular formula is C44H20N10. The number of allylic oxidation sites excluding steroid dienone is 7. The summed E-state index contributed by atoms with van der Waals surface area (Å²) in [5.41, 5.74) is 7.63. The van der Waals surface area contributed by atoms with Crippen LogP contribution >= 0.6 is 0 Å². The topological polar surface area (TPSA) is 216 Å². The van der Waals surface area contributed by atoms with E-state index in [4.69, 9.17) is 0 Å². The predicted molar refractivity (Wildman–Crippen MR) is 197 cm³/mol. The minimum Gasteiger partial charge on any atom is -0.283 e. The van der Waals surface area contributed by atoms with Crippen LogP contribution in [0, 0.1) is 96.6 Å². The monoisotopic (exact) mass is 688 g/mol. The first-order valence-corrected chi connectivity index (χ1v) is 16.4. The maximum atomic E-state index is 10.6. The van der Waals surface area contributed by atoms with E-state index in [1.165, 1.54) is 6.20 Å². The highest BCUT2D eigenvalue weighted by molar-refractivity contribution is 6.26. The second-order valence-corrected chi connectivity index (χ2v) is 12.5. The highest BCUT2D eigenvalue weighted by Crippen LogP contribution is 2.54. The smallest absolute Gasteiger partial charge is 0.138 e. The van der Waals surface area contributed by atoms with Crippen LogP contribution in [-0.2, 0) is 0 Å². The van der Waals surface area contributed by atoms with Gasteiger partial charge in [-0.2, -0.15) is 42.1 Å². The molecule has 10 nitrogen and oxygen atoms in total. The summed E-state index contributed by atoms with van der Waals surface area (Å²) in [6.07, 6.45) is 5.02. The standard InChI is InChI=1S/C44H20N10/c45-15-25-1-11-39(53-23-25)29-7-9-33-35(13-29)37(21-51)41(43(33)31(17-47)18-48)27-3-5-28(6-4-27)42-38(22-52)36-14-30(40-12-2-26(16-46)24-54-40)8-10-34(36)44(42)32(19-49)20-50/h1-14,23,26,38,42H,24H2. The molecule has 1 aliphatic heterocycles. The molecule has 0 amide bonds. The summed E-state index contributed by atoms with van der Waals surface area (Å²) < 4.78 is 0. The number of benzene rings is 3. The van der Waals surface area contributed by atoms with Crippen molar-refractivity contribution < 1.29 is 0 Å². The van der Waals surface area contributed by atoms with Gasteiger partial charge in [-0.25, -0.2) is 0 Å². The van der Waals surface area contributed by atoms with E-state index in [1.54, 1.807) is 72.8 Å². The predicted octanol–water partition coefficient (Wildman–Crippen LogP) is 7.57. The Bertz CT molecular complexity index is 2800. The van der Waals surface area contributed by atoms with Crippen molar-refractivity contribution in [3.8, 4) is 59.8 Å². The molecule has 3 aliphatic rings. The number of aliphatic imine (C=N–C) groups is 1. The number of aromatic nitrogens is 1. The summed E-state index contributed by atoms with van der Waals surface area (Å²) in [4.78, 5) is 8.92. The summed E-state index contributed by atoms with van der Waals surface area (Å²) in [6, 6.07) is 38.0. The van der Waals surface area contributed by atoms with Gasteiger partial charge in [0, 0.05) is 34.4 Å². The molecule has 0 radical (unpaired) electrons. The number of nitriles is 8. The molecule has 246 valence electrons. The fraction of sp³-hybridized carbons (Fsp3) is 0.0909. The second kappa shape index (κ2) is 13.9. The third-order valence-corrected chi connectivity index (χ3v) is 9.75. The third kappa shape index (κ3) is 5.46. The highest BCUT2D eigenvalue weighted by Gasteiger charge is 2.40. The highest BCUT2D eigenvalue weighted by atomic mass is 14.8. The van der Waals surface area contributed by atoms with E-state index < -0.39 is 11.8 Å². The Kier molecular flexibility index (Phi) is 8.73. The van der Waals surface area contributed by atoms with Gasteiger partial charge in [0.25, 0.3) is 0 Å². The number of hydrogen-bond donors (Lipinski definition) is 0. The van der Waals surface area contributed by atoms with Gasteiger partial charge in [0.05, 0.1) is 53.1 Å². The van der Waals surface area contributed by atoms with Crippen molar-refractivity contribution in [1.29, 1.82) is 42.1 Å². The van der Waals surface area contributed by atoms with E-state index in [0.29, 0.717) is 79.2 Å². The number of fused-ring (bicyclic) bond motifs is 2. The summed E-state index contributed by atoms with van der Waals surface area (Å²) >= 11 is 0. The first-order valence-electron chi connectivity index (χ1n) is 16.4. The zero-order valence-electron chi connectivity index (χ0n) is 28.1. The molecular weight excluding hydrogens is 669 g/mol. The number of rotatable bonds is 4. The lowest BCUT2D eigenvalue weighted by Crippen LogP contribution is -2.10. The molecule has 3 aromatic carbocycles. The lowest BCUT2D eigenvalue weighted by molar-refractivity contribution is 0.801. The lowest BCUT2D eigenvalue weighted by atomic mass is 9.82. The van der Waals surface area contributed by atoms with Crippen LogP contribution in [0.15, 0.2) is 107 Å². The van der Waals surface area contributed by atoms with Gasteiger partial charge >= 0.3 is 0 Å². The van der Waals surface area contributed by atoms with E-state index in [9.17, 15) is 42.1 Å². The normalized spacial score (nSPS) is 17.5. The summed E-state index contributed by atoms with van der Waals surface area (Å²) in [5, 5.41) is 79.7. The average molecular weight is 689 g/mol. The first kappa shape index (κ1) is 33.8. The molecule has 2 heterocycles. The fourth-order valence-electron chi connectivity index (χ4n) is 7.28. The molecule has 0 N–H and O–H groups in total. The van der Waals surface area contributed by atoms with Crippen molar-refractivity contribution >= 4 is 28.0 Å². The average Bonchev–Trinajstić information content (AvgIpc) is 3.73. The summed E-state index contributed by atoms with van der Waals surface area (Å²) in [6.45, 7) is 0.319. The van der Waals surface area contributed by atoms with Gasteiger partial charge < -0.3 is 0 Å². The molecule has 0 bridgehead atoms. The fourth-order valence-corrected chi connectivity index (χ4v) is 7.28. The molecule has 10 heteroatoms. The van der Waals surface area contributed by atoms with Gasteiger partial charge in [0.1, 0.15) is 47.6 Å². The molecule has 54 heavy (non-hydrogen) atoms. The van der Waals surface area contributed by atoms with Gasteiger partial charge in [-0.1, -0.05) is 54.6 Å². The molecule has 4 aromatic rings. The van der Waals surface area contributed by atoms with Gasteiger partial charge in [0.2, 0.25) is 0 Å². The van der Waals surface area contributed by atoms with Crippen molar-refractivity contribution in [3.05, 3.63) is 147 Å². The first-order chi connectivity index (χ1) is 26.4. The van der Waals surface area contributed by atoms with Gasteiger partial charge in [-0.05, 0) is 69.3 Å². The van der Waals surface area contributed by atoms with Crippen LogP contribution in [0.4, 0.5) is 0 Å². The SMILES string of the molecule is N#CC(C#N)=C1C(c2ccc(C3C(=C(C#N)C#N)c4ccc(C5=NCC(C#N)C=C5)cc4C3C#N)cc2)=C(C#N)c2cc(-c3ccc(C#N)cn3)ccc21. The molecule has 0 saturated heterocycles. The van der Waals surface area contributed by atoms with Crippen LogP contribution in [0.5, 0.6) is 0 Å². The van der Waals surface area contributed by atoms with Gasteiger partial charge in [0.15, 0.2) is 0 Å². The van der Waals surface area contributed by atoms with E-state index in [0.717, 1.165) is 5.56 Å². The van der Waals surface area contributed by atoms with E-state index >= 15 is 0 Å².